The van der Waals surface area contributed by atoms with Crippen molar-refractivity contribution in [1.82, 2.24) is 20.1 Å². The lowest BCUT2D eigenvalue weighted by atomic mass is 10.2. The van der Waals surface area contributed by atoms with Crippen LogP contribution in [0.3, 0.4) is 0 Å². The molecule has 0 spiro atoms. The highest BCUT2D eigenvalue weighted by atomic mass is 16.3. The largest absolute Gasteiger partial charge is 0.390 e. The molecule has 0 radical (unpaired) electrons. The van der Waals surface area contributed by atoms with Crippen LogP contribution in [-0.2, 0) is 6.54 Å². The summed E-state index contributed by atoms with van der Waals surface area (Å²) in [6.45, 7) is 3.04. The Hall–Kier alpha value is -1.72. The number of aliphatic hydroxyl groups is 1. The first-order chi connectivity index (χ1) is 8.75. The van der Waals surface area contributed by atoms with Gasteiger partial charge in [-0.2, -0.15) is 5.10 Å². The van der Waals surface area contributed by atoms with E-state index in [0.29, 0.717) is 13.1 Å². The molecule has 0 aromatic carbocycles. The predicted molar refractivity (Wildman–Crippen MR) is 68.9 cm³/mol. The highest BCUT2D eigenvalue weighted by molar-refractivity contribution is 5.07. The Kier molecular flexibility index (Phi) is 4.44. The van der Waals surface area contributed by atoms with Gasteiger partial charge in [0.2, 0.25) is 0 Å². The molecule has 0 aliphatic rings. The fourth-order valence-corrected chi connectivity index (χ4v) is 1.74. The van der Waals surface area contributed by atoms with Crippen molar-refractivity contribution in [3.8, 4) is 0 Å². The number of aromatic nitrogens is 3. The summed E-state index contributed by atoms with van der Waals surface area (Å²) in [5, 5.41) is 17.2. The highest BCUT2D eigenvalue weighted by Crippen LogP contribution is 2.07. The van der Waals surface area contributed by atoms with Crippen molar-refractivity contribution in [3.63, 3.8) is 0 Å². The molecule has 0 bridgehead atoms. The molecule has 2 N–H and O–H groups in total. The van der Waals surface area contributed by atoms with E-state index in [-0.39, 0.29) is 6.04 Å². The molecule has 5 nitrogen and oxygen atoms in total. The summed E-state index contributed by atoms with van der Waals surface area (Å²) in [6.07, 6.45) is 4.85. The van der Waals surface area contributed by atoms with Crippen molar-refractivity contribution < 1.29 is 5.11 Å². The fourth-order valence-electron chi connectivity index (χ4n) is 1.74. The quantitative estimate of drug-likeness (QED) is 0.798. The lowest BCUT2D eigenvalue weighted by Crippen LogP contribution is -2.32. The van der Waals surface area contributed by atoms with Gasteiger partial charge < -0.3 is 10.4 Å². The van der Waals surface area contributed by atoms with Gasteiger partial charge in [-0.25, -0.2) is 0 Å². The molecule has 0 aliphatic carbocycles. The van der Waals surface area contributed by atoms with Crippen molar-refractivity contribution in [1.29, 1.82) is 0 Å². The van der Waals surface area contributed by atoms with Gasteiger partial charge in [-0.15, -0.1) is 0 Å². The van der Waals surface area contributed by atoms with E-state index in [2.05, 4.69) is 15.4 Å². The minimum absolute atomic E-state index is 0.124. The first-order valence-electron chi connectivity index (χ1n) is 6.05. The molecule has 2 atom stereocenters. The standard InChI is InChI=1S/C13H18N4O/c1-11(13-5-2-3-6-14-13)15-9-12(18)10-17-8-4-7-16-17/h2-8,11-12,15,18H,9-10H2,1H3/t11-,12?/m0/s1. The molecule has 1 unspecified atom stereocenters. The van der Waals surface area contributed by atoms with Crippen molar-refractivity contribution >= 4 is 0 Å². The number of hydrogen-bond donors (Lipinski definition) is 2. The minimum Gasteiger partial charge on any atom is -0.390 e. The van der Waals surface area contributed by atoms with E-state index >= 15 is 0 Å². The van der Waals surface area contributed by atoms with Crippen LogP contribution < -0.4 is 5.32 Å². The summed E-state index contributed by atoms with van der Waals surface area (Å²) < 4.78 is 1.72. The van der Waals surface area contributed by atoms with Crippen LogP contribution in [0.1, 0.15) is 18.7 Å². The van der Waals surface area contributed by atoms with Crippen LogP contribution in [0.2, 0.25) is 0 Å². The van der Waals surface area contributed by atoms with Gasteiger partial charge in [0.1, 0.15) is 0 Å². The minimum atomic E-state index is -0.462. The number of nitrogens with one attached hydrogen (secondary N) is 1. The summed E-state index contributed by atoms with van der Waals surface area (Å²) in [5.74, 6) is 0. The molecule has 96 valence electrons. The van der Waals surface area contributed by atoms with Crippen LogP contribution in [-0.4, -0.2) is 32.5 Å². The Labute approximate surface area is 106 Å². The molecule has 0 amide bonds. The zero-order valence-corrected chi connectivity index (χ0v) is 10.4. The molecule has 18 heavy (non-hydrogen) atoms. The van der Waals surface area contributed by atoms with Crippen LogP contribution in [0, 0.1) is 0 Å². The van der Waals surface area contributed by atoms with Crippen LogP contribution in [0.4, 0.5) is 0 Å². The van der Waals surface area contributed by atoms with Crippen molar-refractivity contribution in [2.75, 3.05) is 6.54 Å². The van der Waals surface area contributed by atoms with Gasteiger partial charge in [0.25, 0.3) is 0 Å². The van der Waals surface area contributed by atoms with Gasteiger partial charge in [0.15, 0.2) is 0 Å². The normalized spacial score (nSPS) is 14.3. The monoisotopic (exact) mass is 246 g/mol. The molecule has 2 heterocycles. The van der Waals surface area contributed by atoms with Crippen molar-refractivity contribution in [3.05, 3.63) is 48.5 Å². The number of pyridine rings is 1. The third-order valence-electron chi connectivity index (χ3n) is 2.75. The molecule has 0 fully saturated rings. The average molecular weight is 246 g/mol. The van der Waals surface area contributed by atoms with Crippen LogP contribution in [0.15, 0.2) is 42.9 Å². The number of aliphatic hydroxyl groups excluding tert-OH is 1. The Morgan fingerprint density at radius 2 is 2.22 bits per heavy atom. The maximum atomic E-state index is 9.87. The third-order valence-corrected chi connectivity index (χ3v) is 2.75. The third kappa shape index (κ3) is 3.65. The smallest absolute Gasteiger partial charge is 0.0860 e. The first kappa shape index (κ1) is 12.7. The Morgan fingerprint density at radius 3 is 2.89 bits per heavy atom. The molecule has 2 rings (SSSR count). The topological polar surface area (TPSA) is 63.0 Å². The van der Waals surface area contributed by atoms with Crippen molar-refractivity contribution in [2.45, 2.75) is 25.6 Å². The maximum absolute atomic E-state index is 9.87. The van der Waals surface area contributed by atoms with Crippen LogP contribution in [0.5, 0.6) is 0 Å². The highest BCUT2D eigenvalue weighted by Gasteiger charge is 2.09. The van der Waals surface area contributed by atoms with E-state index in [1.165, 1.54) is 0 Å². The molecule has 2 aromatic rings. The summed E-state index contributed by atoms with van der Waals surface area (Å²) in [7, 11) is 0. The zero-order valence-electron chi connectivity index (χ0n) is 10.4. The van der Waals surface area contributed by atoms with E-state index in [1.54, 1.807) is 17.1 Å². The Bertz CT molecular complexity index is 443. The van der Waals surface area contributed by atoms with Gasteiger partial charge in [0.05, 0.1) is 18.3 Å². The fraction of sp³-hybridized carbons (Fsp3) is 0.385. The van der Waals surface area contributed by atoms with E-state index in [0.717, 1.165) is 5.69 Å². The number of hydrogen-bond acceptors (Lipinski definition) is 4. The van der Waals surface area contributed by atoms with Gasteiger partial charge in [-0.3, -0.25) is 9.67 Å². The summed E-state index contributed by atoms with van der Waals surface area (Å²) in [5.41, 5.74) is 0.976. The second-order valence-electron chi connectivity index (χ2n) is 4.27. The van der Waals surface area contributed by atoms with E-state index in [1.807, 2.05) is 37.4 Å². The van der Waals surface area contributed by atoms with Gasteiger partial charge in [0, 0.05) is 31.2 Å². The van der Waals surface area contributed by atoms with Crippen LogP contribution in [0.25, 0.3) is 0 Å². The van der Waals surface area contributed by atoms with E-state index in [4.69, 9.17) is 0 Å². The first-order valence-corrected chi connectivity index (χ1v) is 6.05. The molecule has 2 aromatic heterocycles. The molecule has 0 saturated heterocycles. The molecule has 5 heteroatoms. The van der Waals surface area contributed by atoms with Crippen molar-refractivity contribution in [2.24, 2.45) is 0 Å². The number of rotatable bonds is 6. The van der Waals surface area contributed by atoms with Crippen LogP contribution >= 0.6 is 0 Å². The lowest BCUT2D eigenvalue weighted by molar-refractivity contribution is 0.143. The molecular weight excluding hydrogens is 228 g/mol. The summed E-state index contributed by atoms with van der Waals surface area (Å²) in [6, 6.07) is 7.79. The predicted octanol–water partition coefficient (Wildman–Crippen LogP) is 0.990. The van der Waals surface area contributed by atoms with Gasteiger partial charge in [-0.1, -0.05) is 6.07 Å². The van der Waals surface area contributed by atoms with E-state index < -0.39 is 6.10 Å². The summed E-state index contributed by atoms with van der Waals surface area (Å²) >= 11 is 0. The number of nitrogens with zero attached hydrogens (tertiary/aromatic N) is 3. The molecule has 0 saturated carbocycles. The SMILES string of the molecule is C[C@H](NCC(O)Cn1cccn1)c1ccccn1. The van der Waals surface area contributed by atoms with Gasteiger partial charge >= 0.3 is 0 Å². The maximum Gasteiger partial charge on any atom is 0.0860 e. The van der Waals surface area contributed by atoms with E-state index in [9.17, 15) is 5.11 Å². The Morgan fingerprint density at radius 1 is 1.33 bits per heavy atom. The molecular formula is C13H18N4O. The summed E-state index contributed by atoms with van der Waals surface area (Å²) in [4.78, 5) is 4.27. The van der Waals surface area contributed by atoms with Gasteiger partial charge in [-0.05, 0) is 25.1 Å². The zero-order chi connectivity index (χ0) is 12.8. The Balaban J connectivity index is 1.77. The second-order valence-corrected chi connectivity index (χ2v) is 4.27. The average Bonchev–Trinajstić information content (AvgIpc) is 2.90. The lowest BCUT2D eigenvalue weighted by Gasteiger charge is -2.16. The second kappa shape index (κ2) is 6.28. The molecule has 0 aliphatic heterocycles.